The molecule has 0 spiro atoms. The highest BCUT2D eigenvalue weighted by Crippen LogP contribution is 1.96. The summed E-state index contributed by atoms with van der Waals surface area (Å²) in [6, 6.07) is -0.265. The maximum Gasteiger partial charge on any atom is 0.345 e. The summed E-state index contributed by atoms with van der Waals surface area (Å²) in [4.78, 5) is 0. The van der Waals surface area contributed by atoms with Crippen molar-refractivity contribution in [1.29, 1.82) is 0 Å². The van der Waals surface area contributed by atoms with E-state index in [-0.39, 0.29) is 12.6 Å². The zero-order valence-corrected chi connectivity index (χ0v) is 7.31. The van der Waals surface area contributed by atoms with E-state index in [1.807, 2.05) is 20.8 Å². The Morgan fingerprint density at radius 2 is 1.82 bits per heavy atom. The van der Waals surface area contributed by atoms with Crippen molar-refractivity contribution >= 4 is 0 Å². The van der Waals surface area contributed by atoms with E-state index >= 15 is 0 Å². The van der Waals surface area contributed by atoms with Crippen molar-refractivity contribution in [2.75, 3.05) is 6.61 Å². The van der Waals surface area contributed by atoms with Crippen molar-refractivity contribution < 1.29 is 13.5 Å². The fraction of sp³-hybridized carbons (Fsp3) is 1.00. The lowest BCUT2D eigenvalue weighted by molar-refractivity contribution is -0.132. The lowest BCUT2D eigenvalue weighted by Gasteiger charge is -2.07. The summed E-state index contributed by atoms with van der Waals surface area (Å²) in [6.07, 6.45) is 0.659. The molecule has 0 aliphatic rings. The second-order valence-corrected chi connectivity index (χ2v) is 1.76. The Morgan fingerprint density at radius 3 is 2.09 bits per heavy atom. The Bertz CT molecular complexity index is 71.5. The molecular weight excluding hydrogens is 152 g/mol. The molecule has 0 fully saturated rings. The molecule has 0 aromatic heterocycles. The molecule has 0 bridgehead atoms. The maximum absolute atomic E-state index is 11.3. The van der Waals surface area contributed by atoms with Crippen LogP contribution in [-0.2, 0) is 4.74 Å². The molecule has 0 aliphatic heterocycles. The molecule has 4 heteroatoms. The Kier molecular flexibility index (Phi) is 11.9. The lowest BCUT2D eigenvalue weighted by atomic mass is 10.3. The van der Waals surface area contributed by atoms with Crippen LogP contribution >= 0.6 is 0 Å². The van der Waals surface area contributed by atoms with Crippen molar-refractivity contribution in [1.82, 2.24) is 0 Å². The van der Waals surface area contributed by atoms with E-state index in [1.54, 1.807) is 0 Å². The minimum atomic E-state index is -2.69. The van der Waals surface area contributed by atoms with Crippen LogP contribution in [0.4, 0.5) is 8.78 Å². The molecular formula is C7H17F2NO. The molecule has 0 amide bonds. The maximum atomic E-state index is 11.3. The van der Waals surface area contributed by atoms with Gasteiger partial charge in [0, 0.05) is 6.04 Å². The second-order valence-electron chi connectivity index (χ2n) is 1.76. The summed E-state index contributed by atoms with van der Waals surface area (Å²) in [7, 11) is 0. The molecule has 0 radical (unpaired) electrons. The summed E-state index contributed by atoms with van der Waals surface area (Å²) in [5, 5.41) is 0. The first-order valence-electron chi connectivity index (χ1n) is 3.82. The fourth-order valence-electron chi connectivity index (χ4n) is 0.314. The molecule has 0 aromatic carbocycles. The zero-order valence-electron chi connectivity index (χ0n) is 7.31. The third kappa shape index (κ3) is 12.9. The van der Waals surface area contributed by atoms with Gasteiger partial charge < -0.3 is 10.5 Å². The summed E-state index contributed by atoms with van der Waals surface area (Å²) >= 11 is 0. The molecule has 1 unspecified atom stereocenters. The second kappa shape index (κ2) is 9.78. The Labute approximate surface area is 66.7 Å². The average molecular weight is 169 g/mol. The van der Waals surface area contributed by atoms with Gasteiger partial charge in [0.1, 0.15) is 0 Å². The predicted octanol–water partition coefficient (Wildman–Crippen LogP) is 1.99. The highest BCUT2D eigenvalue weighted by molar-refractivity contribution is 4.54. The minimum absolute atomic E-state index is 0.0613. The van der Waals surface area contributed by atoms with Crippen LogP contribution in [0.15, 0.2) is 0 Å². The van der Waals surface area contributed by atoms with Crippen LogP contribution in [0, 0.1) is 0 Å². The number of hydrogen-bond donors (Lipinski definition) is 1. The minimum Gasteiger partial charge on any atom is -0.326 e. The summed E-state index contributed by atoms with van der Waals surface area (Å²) in [5.74, 6) is 0. The van der Waals surface area contributed by atoms with E-state index in [0.717, 1.165) is 0 Å². The standard InChI is InChI=1S/C5H11F2NO.C2H6/c1-2-4(8)3-9-5(6)7;1-2/h4-5H,2-3,8H2,1H3;1-2H3. The van der Waals surface area contributed by atoms with Crippen molar-refractivity contribution in [2.24, 2.45) is 5.73 Å². The highest BCUT2D eigenvalue weighted by Gasteiger charge is 2.04. The number of alkyl halides is 2. The van der Waals surface area contributed by atoms with Crippen LogP contribution in [0.1, 0.15) is 27.2 Å². The first-order chi connectivity index (χ1) is 5.16. The largest absolute Gasteiger partial charge is 0.345 e. The van der Waals surface area contributed by atoms with Gasteiger partial charge in [-0.3, -0.25) is 0 Å². The SMILES string of the molecule is CC.CCC(N)COC(F)F. The normalized spacial score (nSPS) is 12.3. The van der Waals surface area contributed by atoms with E-state index in [1.165, 1.54) is 0 Å². The quantitative estimate of drug-likeness (QED) is 0.698. The molecule has 0 aliphatic carbocycles. The number of halogens is 2. The van der Waals surface area contributed by atoms with Gasteiger partial charge in [-0.15, -0.1) is 0 Å². The summed E-state index contributed by atoms with van der Waals surface area (Å²) < 4.78 is 26.4. The predicted molar refractivity (Wildman–Crippen MR) is 41.6 cm³/mol. The van der Waals surface area contributed by atoms with Gasteiger partial charge in [-0.25, -0.2) is 0 Å². The van der Waals surface area contributed by atoms with Crippen molar-refractivity contribution in [3.05, 3.63) is 0 Å². The Balaban J connectivity index is 0. The first kappa shape index (κ1) is 13.4. The molecule has 0 saturated heterocycles. The topological polar surface area (TPSA) is 35.2 Å². The van der Waals surface area contributed by atoms with E-state index in [4.69, 9.17) is 5.73 Å². The highest BCUT2D eigenvalue weighted by atomic mass is 19.3. The van der Waals surface area contributed by atoms with Gasteiger partial charge in [-0.2, -0.15) is 8.78 Å². The number of nitrogens with two attached hydrogens (primary N) is 1. The van der Waals surface area contributed by atoms with Gasteiger partial charge in [0.15, 0.2) is 0 Å². The smallest absolute Gasteiger partial charge is 0.326 e. The van der Waals surface area contributed by atoms with Crippen molar-refractivity contribution in [3.8, 4) is 0 Å². The van der Waals surface area contributed by atoms with Crippen molar-refractivity contribution in [2.45, 2.75) is 39.8 Å². The zero-order chi connectivity index (χ0) is 9.28. The van der Waals surface area contributed by atoms with E-state index in [0.29, 0.717) is 6.42 Å². The van der Waals surface area contributed by atoms with Gasteiger partial charge >= 0.3 is 6.61 Å². The van der Waals surface area contributed by atoms with Crippen LogP contribution in [0.5, 0.6) is 0 Å². The molecule has 0 rings (SSSR count). The number of ether oxygens (including phenoxy) is 1. The molecule has 2 nitrogen and oxygen atoms in total. The Hall–Kier alpha value is -0.220. The van der Waals surface area contributed by atoms with Gasteiger partial charge in [-0.1, -0.05) is 20.8 Å². The van der Waals surface area contributed by atoms with Crippen molar-refractivity contribution in [3.63, 3.8) is 0 Å². The molecule has 0 aromatic rings. The van der Waals surface area contributed by atoms with Crippen LogP contribution in [0.25, 0.3) is 0 Å². The van der Waals surface area contributed by atoms with Gasteiger partial charge in [-0.05, 0) is 6.42 Å². The van der Waals surface area contributed by atoms with Crippen LogP contribution in [0.2, 0.25) is 0 Å². The first-order valence-corrected chi connectivity index (χ1v) is 3.82. The van der Waals surface area contributed by atoms with Crippen LogP contribution in [-0.4, -0.2) is 19.3 Å². The molecule has 1 atom stereocenters. The van der Waals surface area contributed by atoms with Gasteiger partial charge in [0.05, 0.1) is 6.61 Å². The fourth-order valence-corrected chi connectivity index (χ4v) is 0.314. The van der Waals surface area contributed by atoms with E-state index in [2.05, 4.69) is 4.74 Å². The molecule has 0 heterocycles. The Morgan fingerprint density at radius 1 is 1.36 bits per heavy atom. The summed E-state index contributed by atoms with van der Waals surface area (Å²) in [6.45, 7) is 3.07. The molecule has 0 saturated carbocycles. The number of hydrogen-bond acceptors (Lipinski definition) is 2. The van der Waals surface area contributed by atoms with Gasteiger partial charge in [0.2, 0.25) is 0 Å². The number of rotatable bonds is 4. The third-order valence-corrected chi connectivity index (χ3v) is 0.961. The van der Waals surface area contributed by atoms with Crippen LogP contribution in [0.3, 0.4) is 0 Å². The molecule has 70 valence electrons. The van der Waals surface area contributed by atoms with E-state index < -0.39 is 6.61 Å². The van der Waals surface area contributed by atoms with E-state index in [9.17, 15) is 8.78 Å². The monoisotopic (exact) mass is 169 g/mol. The van der Waals surface area contributed by atoms with Gasteiger partial charge in [0.25, 0.3) is 0 Å². The summed E-state index contributed by atoms with van der Waals surface area (Å²) in [5.41, 5.74) is 5.26. The third-order valence-electron chi connectivity index (χ3n) is 0.961. The lowest BCUT2D eigenvalue weighted by Crippen LogP contribution is -2.26. The van der Waals surface area contributed by atoms with Crippen LogP contribution < -0.4 is 5.73 Å². The molecule has 2 N–H and O–H groups in total. The molecule has 11 heavy (non-hydrogen) atoms. The average Bonchev–Trinajstić information content (AvgIpc) is 2.04.